The summed E-state index contributed by atoms with van der Waals surface area (Å²) < 4.78 is 20.5. The summed E-state index contributed by atoms with van der Waals surface area (Å²) in [4.78, 5) is 14.3. The Kier molecular flexibility index (Phi) is 6.39. The Morgan fingerprint density at radius 2 is 1.97 bits per heavy atom. The highest BCUT2D eigenvalue weighted by atomic mass is 19.1. The van der Waals surface area contributed by atoms with Crippen LogP contribution in [0.4, 0.5) is 10.2 Å². The Labute approximate surface area is 178 Å². The molecule has 4 atom stereocenters. The van der Waals surface area contributed by atoms with Crippen molar-refractivity contribution in [2.45, 2.75) is 31.1 Å². The van der Waals surface area contributed by atoms with E-state index >= 15 is 0 Å². The first-order valence-corrected chi connectivity index (χ1v) is 10.0. The average molecular weight is 431 g/mol. The molecule has 1 aliphatic heterocycles. The number of hydrogen-bond donors (Lipinski definition) is 4. The number of ether oxygens (including phenoxy) is 1. The quantitative estimate of drug-likeness (QED) is 0.360. The van der Waals surface area contributed by atoms with Gasteiger partial charge in [0.1, 0.15) is 36.0 Å². The van der Waals surface area contributed by atoms with Crippen LogP contribution >= 0.6 is 0 Å². The van der Waals surface area contributed by atoms with Crippen LogP contribution in [-0.2, 0) is 11.3 Å². The molecular formula is C20H26FN7O3. The third-order valence-corrected chi connectivity index (χ3v) is 5.40. The van der Waals surface area contributed by atoms with E-state index < -0.39 is 24.5 Å². The number of nitrogen functional groups attached to an aromatic ring is 1. The fourth-order valence-corrected chi connectivity index (χ4v) is 3.67. The molecule has 166 valence electrons. The van der Waals surface area contributed by atoms with Crippen molar-refractivity contribution in [1.82, 2.24) is 29.7 Å². The van der Waals surface area contributed by atoms with Crippen LogP contribution < -0.4 is 11.1 Å². The molecular weight excluding hydrogens is 405 g/mol. The molecule has 0 unspecified atom stereocenters. The SMILES string of the molecule is CN(CCNCc1ccc(F)cc1)C[C@H]1O[C@@H](n2cnc3c(N)ncnc32)[C@H](O)[C@@H]1O. The molecule has 0 aliphatic carbocycles. The van der Waals surface area contributed by atoms with Crippen molar-refractivity contribution in [2.75, 3.05) is 32.4 Å². The molecule has 1 aliphatic rings. The van der Waals surface area contributed by atoms with Crippen molar-refractivity contribution in [3.05, 3.63) is 48.3 Å². The summed E-state index contributed by atoms with van der Waals surface area (Å²) in [6, 6.07) is 6.37. The molecule has 0 amide bonds. The number of aromatic nitrogens is 4. The maximum absolute atomic E-state index is 13.0. The zero-order valence-corrected chi connectivity index (χ0v) is 17.1. The van der Waals surface area contributed by atoms with Gasteiger partial charge in [0.05, 0.1) is 6.33 Å². The summed E-state index contributed by atoms with van der Waals surface area (Å²) in [5.74, 6) is -0.0140. The van der Waals surface area contributed by atoms with Crippen LogP contribution in [0.25, 0.3) is 11.2 Å². The van der Waals surface area contributed by atoms with Gasteiger partial charge in [-0.05, 0) is 24.7 Å². The van der Waals surface area contributed by atoms with E-state index in [0.717, 1.165) is 5.56 Å². The molecule has 31 heavy (non-hydrogen) atoms. The van der Waals surface area contributed by atoms with Crippen molar-refractivity contribution >= 4 is 17.0 Å². The molecule has 5 N–H and O–H groups in total. The number of nitrogens with one attached hydrogen (secondary N) is 1. The van der Waals surface area contributed by atoms with Crippen molar-refractivity contribution in [3.8, 4) is 0 Å². The topological polar surface area (TPSA) is 135 Å². The summed E-state index contributed by atoms with van der Waals surface area (Å²) in [6.45, 7) is 2.46. The van der Waals surface area contributed by atoms with Gasteiger partial charge in [-0.15, -0.1) is 0 Å². The maximum atomic E-state index is 13.0. The van der Waals surface area contributed by atoms with Crippen LogP contribution in [0.2, 0.25) is 0 Å². The third-order valence-electron chi connectivity index (χ3n) is 5.40. The number of rotatable bonds is 8. The lowest BCUT2D eigenvalue weighted by atomic mass is 10.1. The Morgan fingerprint density at radius 1 is 1.19 bits per heavy atom. The third kappa shape index (κ3) is 4.65. The summed E-state index contributed by atoms with van der Waals surface area (Å²) in [6.07, 6.45) is -0.817. The largest absolute Gasteiger partial charge is 0.387 e. The van der Waals surface area contributed by atoms with E-state index in [0.29, 0.717) is 37.3 Å². The molecule has 4 rings (SSSR count). The average Bonchev–Trinajstić information content (AvgIpc) is 3.30. The van der Waals surface area contributed by atoms with Crippen LogP contribution in [0.3, 0.4) is 0 Å². The standard InChI is InChI=1S/C20H26FN7O3/c1-27(7-6-23-8-12-2-4-13(21)5-3-12)9-14-16(29)17(30)20(31-14)28-11-26-15-18(22)24-10-25-19(15)28/h2-5,10-11,14,16-17,20,23,29-30H,6-9H2,1H3,(H2,22,24,25)/t14-,16-,17-,20-/m1/s1. The molecule has 3 aromatic rings. The number of anilines is 1. The van der Waals surface area contributed by atoms with E-state index in [2.05, 4.69) is 20.3 Å². The van der Waals surface area contributed by atoms with Gasteiger partial charge >= 0.3 is 0 Å². The second kappa shape index (κ2) is 9.20. The lowest BCUT2D eigenvalue weighted by molar-refractivity contribution is -0.0420. The molecule has 1 fully saturated rings. The number of benzene rings is 1. The highest BCUT2D eigenvalue weighted by Gasteiger charge is 2.44. The van der Waals surface area contributed by atoms with E-state index in [1.165, 1.54) is 24.8 Å². The van der Waals surface area contributed by atoms with Crippen LogP contribution in [0.1, 0.15) is 11.8 Å². The predicted octanol–water partition coefficient (Wildman–Crippen LogP) is -0.112. The molecule has 3 heterocycles. The number of halogens is 1. The van der Waals surface area contributed by atoms with Crippen molar-refractivity contribution in [2.24, 2.45) is 0 Å². The fraction of sp³-hybridized carbons (Fsp3) is 0.450. The predicted molar refractivity (Wildman–Crippen MR) is 111 cm³/mol. The maximum Gasteiger partial charge on any atom is 0.167 e. The number of hydrogen-bond acceptors (Lipinski definition) is 9. The minimum Gasteiger partial charge on any atom is -0.387 e. The Balaban J connectivity index is 1.30. The van der Waals surface area contributed by atoms with Crippen molar-refractivity contribution in [3.63, 3.8) is 0 Å². The van der Waals surface area contributed by atoms with Gasteiger partial charge in [-0.2, -0.15) is 0 Å². The zero-order valence-electron chi connectivity index (χ0n) is 17.1. The summed E-state index contributed by atoms with van der Waals surface area (Å²) in [5, 5.41) is 24.3. The minimum atomic E-state index is -1.14. The second-order valence-corrected chi connectivity index (χ2v) is 7.69. The van der Waals surface area contributed by atoms with E-state index in [1.807, 2.05) is 11.9 Å². The number of imidazole rings is 1. The number of aliphatic hydroxyl groups is 2. The van der Waals surface area contributed by atoms with E-state index in [-0.39, 0.29) is 11.6 Å². The van der Waals surface area contributed by atoms with Gasteiger partial charge in [0, 0.05) is 26.2 Å². The molecule has 1 aromatic carbocycles. The lowest BCUT2D eigenvalue weighted by Crippen LogP contribution is -2.40. The van der Waals surface area contributed by atoms with Gasteiger partial charge in [0.2, 0.25) is 0 Å². The number of nitrogens with two attached hydrogens (primary N) is 1. The highest BCUT2D eigenvalue weighted by Crippen LogP contribution is 2.32. The Hall–Kier alpha value is -2.70. The molecule has 10 nitrogen and oxygen atoms in total. The molecule has 0 bridgehead atoms. The normalized spacial score (nSPS) is 23.8. The molecule has 0 spiro atoms. The summed E-state index contributed by atoms with van der Waals surface area (Å²) >= 11 is 0. The first kappa shape index (κ1) is 21.5. The van der Waals surface area contributed by atoms with Gasteiger partial charge in [-0.1, -0.05) is 12.1 Å². The first-order valence-electron chi connectivity index (χ1n) is 10.0. The summed E-state index contributed by atoms with van der Waals surface area (Å²) in [5.41, 5.74) is 7.67. The van der Waals surface area contributed by atoms with E-state index in [4.69, 9.17) is 10.5 Å². The Bertz CT molecular complexity index is 1020. The minimum absolute atomic E-state index is 0.237. The highest BCUT2D eigenvalue weighted by molar-refractivity contribution is 5.81. The van der Waals surface area contributed by atoms with Crippen molar-refractivity contribution in [1.29, 1.82) is 0 Å². The summed E-state index contributed by atoms with van der Waals surface area (Å²) in [7, 11) is 1.91. The number of aliphatic hydroxyl groups excluding tert-OH is 2. The monoisotopic (exact) mass is 431 g/mol. The van der Waals surface area contributed by atoms with Crippen LogP contribution in [-0.4, -0.2) is 79.6 Å². The first-order chi connectivity index (χ1) is 14.9. The van der Waals surface area contributed by atoms with Crippen LogP contribution in [0.5, 0.6) is 0 Å². The Morgan fingerprint density at radius 3 is 2.74 bits per heavy atom. The number of nitrogens with zero attached hydrogens (tertiary/aromatic N) is 5. The fourth-order valence-electron chi connectivity index (χ4n) is 3.67. The van der Waals surface area contributed by atoms with Gasteiger partial charge in [-0.3, -0.25) is 4.57 Å². The van der Waals surface area contributed by atoms with Gasteiger partial charge in [0.15, 0.2) is 17.7 Å². The molecule has 11 heteroatoms. The molecule has 1 saturated heterocycles. The smallest absolute Gasteiger partial charge is 0.167 e. The lowest BCUT2D eigenvalue weighted by Gasteiger charge is -2.23. The van der Waals surface area contributed by atoms with Crippen LogP contribution in [0, 0.1) is 5.82 Å². The van der Waals surface area contributed by atoms with Gasteiger partial charge in [-0.25, -0.2) is 19.3 Å². The van der Waals surface area contributed by atoms with Crippen LogP contribution in [0.15, 0.2) is 36.9 Å². The van der Waals surface area contributed by atoms with Crippen molar-refractivity contribution < 1.29 is 19.3 Å². The molecule has 0 radical (unpaired) electrons. The van der Waals surface area contributed by atoms with Gasteiger partial charge < -0.3 is 30.9 Å². The van der Waals surface area contributed by atoms with Gasteiger partial charge in [0.25, 0.3) is 0 Å². The van der Waals surface area contributed by atoms with E-state index in [9.17, 15) is 14.6 Å². The molecule has 2 aromatic heterocycles. The number of likely N-dealkylation sites (N-methyl/N-ethyl adjacent to an activating group) is 1. The zero-order chi connectivity index (χ0) is 22.0. The number of fused-ring (bicyclic) bond motifs is 1. The van der Waals surface area contributed by atoms with E-state index in [1.54, 1.807) is 16.7 Å². The second-order valence-electron chi connectivity index (χ2n) is 7.69. The molecule has 0 saturated carbocycles.